The van der Waals surface area contributed by atoms with Crippen molar-refractivity contribution >= 4 is 17.8 Å². The summed E-state index contributed by atoms with van der Waals surface area (Å²) in [5.41, 5.74) is 3.12. The molecule has 1 aliphatic heterocycles. The molecule has 154 valence electrons. The number of nitrogens with zero attached hydrogens (tertiary/aromatic N) is 1. The molecule has 0 atom stereocenters. The van der Waals surface area contributed by atoms with Crippen molar-refractivity contribution in [1.82, 2.24) is 0 Å². The standard InChI is InChI=1S/C25H31NO3/c1-24(2)13-18-8-22(29-3)19(14-27)7-20(18)21(26-24)9-23(28)25-10-15-4-16(11-25)6-17(5-15)12-25/h7-8,14-17H,4-6,9-13H2,1-3H3. The van der Waals surface area contributed by atoms with Crippen LogP contribution in [0.25, 0.3) is 0 Å². The van der Waals surface area contributed by atoms with Gasteiger partial charge >= 0.3 is 0 Å². The average Bonchev–Trinajstić information content (AvgIpc) is 2.65. The lowest BCUT2D eigenvalue weighted by Crippen LogP contribution is -2.50. The maximum Gasteiger partial charge on any atom is 0.153 e. The Bertz CT molecular complexity index is 876. The summed E-state index contributed by atoms with van der Waals surface area (Å²) in [6, 6.07) is 3.84. The van der Waals surface area contributed by atoms with Crippen molar-refractivity contribution < 1.29 is 14.3 Å². The molecule has 4 nitrogen and oxygen atoms in total. The Hall–Kier alpha value is -1.97. The zero-order valence-electron chi connectivity index (χ0n) is 17.8. The summed E-state index contributed by atoms with van der Waals surface area (Å²) in [7, 11) is 1.59. The van der Waals surface area contributed by atoms with Gasteiger partial charge in [0.25, 0.3) is 0 Å². The highest BCUT2D eigenvalue weighted by molar-refractivity contribution is 6.14. The number of fused-ring (bicyclic) bond motifs is 1. The SMILES string of the molecule is COc1cc2c(cc1C=O)C(CC(=O)C13CC4CC(CC(C4)C1)C3)=NC(C)(C)C2. The van der Waals surface area contributed by atoms with E-state index in [2.05, 4.69) is 13.8 Å². The molecule has 1 heterocycles. The third-order valence-electron chi connectivity index (χ3n) is 7.91. The van der Waals surface area contributed by atoms with Gasteiger partial charge in [-0.05, 0) is 94.2 Å². The topological polar surface area (TPSA) is 55.7 Å². The molecule has 4 aliphatic carbocycles. The monoisotopic (exact) mass is 393 g/mol. The molecular formula is C25H31NO3. The van der Waals surface area contributed by atoms with Gasteiger partial charge in [-0.25, -0.2) is 0 Å². The maximum atomic E-state index is 13.7. The van der Waals surface area contributed by atoms with Crippen molar-refractivity contribution in [2.75, 3.05) is 7.11 Å². The number of Topliss-reactive ketones (excluding diaryl/α,β-unsaturated/α-hetero) is 1. The van der Waals surface area contributed by atoms with Crippen molar-refractivity contribution in [2.45, 2.75) is 70.8 Å². The van der Waals surface area contributed by atoms with Crippen LogP contribution in [-0.4, -0.2) is 30.4 Å². The summed E-state index contributed by atoms with van der Waals surface area (Å²) in [5, 5.41) is 0. The van der Waals surface area contributed by atoms with Gasteiger partial charge in [0, 0.05) is 17.4 Å². The summed E-state index contributed by atoms with van der Waals surface area (Å²) in [6.07, 6.45) is 9.29. The van der Waals surface area contributed by atoms with Crippen molar-refractivity contribution in [3.8, 4) is 5.75 Å². The van der Waals surface area contributed by atoms with Crippen molar-refractivity contribution in [3.63, 3.8) is 0 Å². The minimum Gasteiger partial charge on any atom is -0.496 e. The van der Waals surface area contributed by atoms with Crippen LogP contribution >= 0.6 is 0 Å². The zero-order chi connectivity index (χ0) is 20.4. The molecule has 0 aromatic heterocycles. The molecule has 1 aromatic rings. The van der Waals surface area contributed by atoms with Crippen LogP contribution in [0.3, 0.4) is 0 Å². The lowest BCUT2D eigenvalue weighted by Gasteiger charge is -2.56. The Morgan fingerprint density at radius 3 is 2.31 bits per heavy atom. The Kier molecular flexibility index (Phi) is 4.27. The van der Waals surface area contributed by atoms with Gasteiger partial charge in [0.05, 0.1) is 23.9 Å². The first-order valence-corrected chi connectivity index (χ1v) is 11.1. The van der Waals surface area contributed by atoms with E-state index in [-0.39, 0.29) is 11.0 Å². The van der Waals surface area contributed by atoms with E-state index < -0.39 is 0 Å². The first kappa shape index (κ1) is 19.0. The fourth-order valence-electron chi connectivity index (χ4n) is 7.18. The minimum absolute atomic E-state index is 0.112. The number of aliphatic imine (C=N–C) groups is 1. The van der Waals surface area contributed by atoms with E-state index in [1.807, 2.05) is 12.1 Å². The molecule has 29 heavy (non-hydrogen) atoms. The number of methoxy groups -OCH3 is 1. The van der Waals surface area contributed by atoms with Crippen LogP contribution in [0.5, 0.6) is 5.75 Å². The van der Waals surface area contributed by atoms with Gasteiger partial charge in [-0.3, -0.25) is 14.6 Å². The number of benzene rings is 1. The van der Waals surface area contributed by atoms with E-state index in [4.69, 9.17) is 9.73 Å². The number of rotatable bonds is 5. The van der Waals surface area contributed by atoms with Gasteiger partial charge in [-0.1, -0.05) is 0 Å². The van der Waals surface area contributed by atoms with Gasteiger partial charge < -0.3 is 4.74 Å². The number of ether oxygens (including phenoxy) is 1. The Labute approximate surface area is 173 Å². The second-order valence-electron chi connectivity index (χ2n) is 10.7. The van der Waals surface area contributed by atoms with Crippen LogP contribution < -0.4 is 4.74 Å². The van der Waals surface area contributed by atoms with Crippen LogP contribution in [0.4, 0.5) is 0 Å². The molecule has 0 amide bonds. The Morgan fingerprint density at radius 1 is 1.14 bits per heavy atom. The molecule has 0 radical (unpaired) electrons. The highest BCUT2D eigenvalue weighted by Crippen LogP contribution is 2.60. The molecule has 6 rings (SSSR count). The quantitative estimate of drug-likeness (QED) is 0.675. The number of hydrogen-bond donors (Lipinski definition) is 0. The normalized spacial score (nSPS) is 33.8. The predicted octanol–water partition coefficient (Wildman–Crippen LogP) is 4.81. The molecule has 0 saturated heterocycles. The van der Waals surface area contributed by atoms with E-state index in [1.54, 1.807) is 7.11 Å². The Balaban J connectivity index is 1.49. The van der Waals surface area contributed by atoms with Crippen molar-refractivity contribution in [1.29, 1.82) is 0 Å². The number of aldehydes is 1. The fraction of sp³-hybridized carbons (Fsp3) is 0.640. The zero-order valence-corrected chi connectivity index (χ0v) is 17.8. The molecule has 5 aliphatic rings. The fourth-order valence-corrected chi connectivity index (χ4v) is 7.18. The molecule has 4 heteroatoms. The summed E-state index contributed by atoms with van der Waals surface area (Å²) < 4.78 is 5.41. The molecule has 4 bridgehead atoms. The number of carbonyl (C=O) groups excluding carboxylic acids is 2. The summed E-state index contributed by atoms with van der Waals surface area (Å²) in [5.74, 6) is 3.26. The second kappa shape index (κ2) is 6.52. The lowest BCUT2D eigenvalue weighted by molar-refractivity contribution is -0.142. The second-order valence-corrected chi connectivity index (χ2v) is 10.7. The van der Waals surface area contributed by atoms with E-state index in [1.165, 1.54) is 19.3 Å². The summed E-state index contributed by atoms with van der Waals surface area (Å²) >= 11 is 0. The number of hydrogen-bond acceptors (Lipinski definition) is 4. The van der Waals surface area contributed by atoms with Gasteiger partial charge in [-0.15, -0.1) is 0 Å². The van der Waals surface area contributed by atoms with E-state index in [0.717, 1.165) is 66.6 Å². The highest BCUT2D eigenvalue weighted by Gasteiger charge is 2.54. The minimum atomic E-state index is -0.252. The van der Waals surface area contributed by atoms with E-state index in [0.29, 0.717) is 23.5 Å². The molecule has 0 spiro atoms. The third-order valence-corrected chi connectivity index (χ3v) is 7.91. The van der Waals surface area contributed by atoms with Crippen LogP contribution in [0.2, 0.25) is 0 Å². The van der Waals surface area contributed by atoms with E-state index >= 15 is 0 Å². The van der Waals surface area contributed by atoms with Crippen LogP contribution in [0, 0.1) is 23.2 Å². The molecule has 0 unspecified atom stereocenters. The van der Waals surface area contributed by atoms with Gasteiger partial charge in [-0.2, -0.15) is 0 Å². The maximum absolute atomic E-state index is 13.7. The molecular weight excluding hydrogens is 362 g/mol. The first-order chi connectivity index (χ1) is 13.8. The molecule has 4 saturated carbocycles. The Morgan fingerprint density at radius 2 is 1.76 bits per heavy atom. The summed E-state index contributed by atoms with van der Waals surface area (Å²) in [4.78, 5) is 30.3. The summed E-state index contributed by atoms with van der Waals surface area (Å²) in [6.45, 7) is 4.23. The van der Waals surface area contributed by atoms with Crippen molar-refractivity contribution in [2.24, 2.45) is 28.2 Å². The number of carbonyl (C=O) groups is 2. The predicted molar refractivity (Wildman–Crippen MR) is 113 cm³/mol. The average molecular weight is 394 g/mol. The van der Waals surface area contributed by atoms with Gasteiger partial charge in [0.2, 0.25) is 0 Å². The highest BCUT2D eigenvalue weighted by atomic mass is 16.5. The van der Waals surface area contributed by atoms with Gasteiger partial charge in [0.1, 0.15) is 11.5 Å². The third kappa shape index (κ3) is 3.15. The molecule has 4 fully saturated rings. The van der Waals surface area contributed by atoms with E-state index in [9.17, 15) is 9.59 Å². The number of ketones is 1. The molecule has 1 aromatic carbocycles. The van der Waals surface area contributed by atoms with Crippen LogP contribution in [0.1, 0.15) is 80.3 Å². The smallest absolute Gasteiger partial charge is 0.153 e. The largest absolute Gasteiger partial charge is 0.496 e. The van der Waals surface area contributed by atoms with Crippen LogP contribution in [-0.2, 0) is 11.2 Å². The van der Waals surface area contributed by atoms with Gasteiger partial charge in [0.15, 0.2) is 6.29 Å². The van der Waals surface area contributed by atoms with Crippen molar-refractivity contribution in [3.05, 3.63) is 28.8 Å². The lowest BCUT2D eigenvalue weighted by atomic mass is 9.48. The molecule has 0 N–H and O–H groups in total. The van der Waals surface area contributed by atoms with Crippen LogP contribution in [0.15, 0.2) is 17.1 Å². The first-order valence-electron chi connectivity index (χ1n) is 11.1.